The van der Waals surface area contributed by atoms with Crippen LogP contribution in [0.1, 0.15) is 42.0 Å². The Morgan fingerprint density at radius 2 is 2.26 bits per heavy atom. The molecule has 2 heterocycles. The maximum atomic E-state index is 6.23. The van der Waals surface area contributed by atoms with Gasteiger partial charge in [-0.25, -0.2) is 0 Å². The maximum absolute atomic E-state index is 6.23. The summed E-state index contributed by atoms with van der Waals surface area (Å²) in [5, 5.41) is 0.718. The molecule has 0 fully saturated rings. The van der Waals surface area contributed by atoms with Crippen LogP contribution in [0.5, 0.6) is 0 Å². The fraction of sp³-hybridized carbons (Fsp3) is 0.400. The Hall–Kier alpha value is -1.32. The Bertz CT molecular complexity index is 577. The Labute approximate surface area is 118 Å². The average molecular weight is 276 g/mol. The van der Waals surface area contributed by atoms with Gasteiger partial charge in [0.15, 0.2) is 0 Å². The number of nitrogens with zero attached hydrogens (tertiary/aromatic N) is 2. The SMILES string of the molecule is NC1CCCCc2cn(Cc3ccncc3Cl)cc21. The third kappa shape index (κ3) is 2.67. The Balaban J connectivity index is 1.87. The van der Waals surface area contributed by atoms with Crippen molar-refractivity contribution >= 4 is 11.6 Å². The summed E-state index contributed by atoms with van der Waals surface area (Å²) in [6.07, 6.45) is 12.6. The number of nitrogens with two attached hydrogens (primary N) is 1. The molecule has 3 nitrogen and oxygen atoms in total. The summed E-state index contributed by atoms with van der Waals surface area (Å²) in [5.41, 5.74) is 10.0. The molecular formula is C15H18ClN3. The van der Waals surface area contributed by atoms with Gasteiger partial charge >= 0.3 is 0 Å². The van der Waals surface area contributed by atoms with Crippen LogP contribution in [0.15, 0.2) is 30.9 Å². The minimum Gasteiger partial charge on any atom is -0.349 e. The number of rotatable bonds is 2. The standard InChI is InChI=1S/C15H18ClN3/c16-14-7-18-6-5-12(14)9-19-8-11-3-1-2-4-15(17)13(11)10-19/h5-8,10,15H,1-4,9,17H2. The molecule has 1 unspecified atom stereocenters. The molecule has 2 N–H and O–H groups in total. The number of pyridine rings is 1. The first-order valence-corrected chi connectivity index (χ1v) is 7.14. The number of fused-ring (bicyclic) bond motifs is 1. The summed E-state index contributed by atoms with van der Waals surface area (Å²) >= 11 is 6.16. The second-order valence-corrected chi connectivity index (χ2v) is 5.64. The fourth-order valence-corrected chi connectivity index (χ4v) is 2.95. The monoisotopic (exact) mass is 275 g/mol. The summed E-state index contributed by atoms with van der Waals surface area (Å²) in [7, 11) is 0. The first-order chi connectivity index (χ1) is 9.24. The van der Waals surface area contributed by atoms with Crippen molar-refractivity contribution in [1.82, 2.24) is 9.55 Å². The average Bonchev–Trinajstić information content (AvgIpc) is 2.73. The Morgan fingerprint density at radius 3 is 3.11 bits per heavy atom. The fourth-order valence-electron chi connectivity index (χ4n) is 2.77. The highest BCUT2D eigenvalue weighted by Crippen LogP contribution is 2.28. The number of aromatic nitrogens is 2. The van der Waals surface area contributed by atoms with E-state index in [9.17, 15) is 0 Å². The van der Waals surface area contributed by atoms with E-state index in [2.05, 4.69) is 21.9 Å². The van der Waals surface area contributed by atoms with Gasteiger partial charge in [-0.15, -0.1) is 0 Å². The summed E-state index contributed by atoms with van der Waals surface area (Å²) in [6, 6.07) is 2.15. The molecular weight excluding hydrogens is 258 g/mol. The van der Waals surface area contributed by atoms with E-state index >= 15 is 0 Å². The van der Waals surface area contributed by atoms with Crippen molar-refractivity contribution in [3.05, 3.63) is 52.6 Å². The highest BCUT2D eigenvalue weighted by atomic mass is 35.5. The molecule has 0 bridgehead atoms. The number of halogens is 1. The van der Waals surface area contributed by atoms with Gasteiger partial charge in [-0.05, 0) is 42.0 Å². The molecule has 100 valence electrons. The maximum Gasteiger partial charge on any atom is 0.0639 e. The molecule has 3 rings (SSSR count). The highest BCUT2D eigenvalue weighted by molar-refractivity contribution is 6.31. The minimum absolute atomic E-state index is 0.187. The smallest absolute Gasteiger partial charge is 0.0639 e. The predicted octanol–water partition coefficient (Wildman–Crippen LogP) is 3.31. The zero-order valence-corrected chi connectivity index (χ0v) is 11.6. The van der Waals surface area contributed by atoms with Crippen LogP contribution in [-0.4, -0.2) is 9.55 Å². The Morgan fingerprint density at radius 1 is 1.37 bits per heavy atom. The van der Waals surface area contributed by atoms with Crippen molar-refractivity contribution in [2.75, 3.05) is 0 Å². The third-order valence-corrected chi connectivity index (χ3v) is 4.16. The molecule has 1 aliphatic rings. The summed E-state index contributed by atoms with van der Waals surface area (Å²) < 4.78 is 2.19. The van der Waals surface area contributed by atoms with Crippen molar-refractivity contribution in [2.24, 2.45) is 5.73 Å². The van der Waals surface area contributed by atoms with E-state index in [1.54, 1.807) is 12.4 Å². The van der Waals surface area contributed by atoms with E-state index < -0.39 is 0 Å². The van der Waals surface area contributed by atoms with Gasteiger partial charge in [0.1, 0.15) is 0 Å². The van der Waals surface area contributed by atoms with Crippen LogP contribution >= 0.6 is 11.6 Å². The summed E-state index contributed by atoms with van der Waals surface area (Å²) in [5.74, 6) is 0. The predicted molar refractivity (Wildman–Crippen MR) is 77.3 cm³/mol. The lowest BCUT2D eigenvalue weighted by atomic mass is 10.1. The van der Waals surface area contributed by atoms with Gasteiger partial charge in [0.25, 0.3) is 0 Å². The van der Waals surface area contributed by atoms with Crippen LogP contribution in [0.3, 0.4) is 0 Å². The van der Waals surface area contributed by atoms with Crippen LogP contribution in [0, 0.1) is 0 Å². The zero-order valence-electron chi connectivity index (χ0n) is 10.8. The lowest BCUT2D eigenvalue weighted by Crippen LogP contribution is -2.09. The van der Waals surface area contributed by atoms with E-state index in [0.717, 1.165) is 30.0 Å². The van der Waals surface area contributed by atoms with Gasteiger partial charge in [-0.3, -0.25) is 4.98 Å². The van der Waals surface area contributed by atoms with Crippen LogP contribution in [-0.2, 0) is 13.0 Å². The molecule has 0 saturated carbocycles. The van der Waals surface area contributed by atoms with Gasteiger partial charge in [-0.2, -0.15) is 0 Å². The van der Waals surface area contributed by atoms with E-state index in [1.165, 1.54) is 24.0 Å². The lowest BCUT2D eigenvalue weighted by Gasteiger charge is -2.08. The quantitative estimate of drug-likeness (QED) is 0.855. The van der Waals surface area contributed by atoms with Gasteiger partial charge < -0.3 is 10.3 Å². The summed E-state index contributed by atoms with van der Waals surface area (Å²) in [4.78, 5) is 4.01. The van der Waals surface area contributed by atoms with E-state index in [0.29, 0.717) is 0 Å². The molecule has 19 heavy (non-hydrogen) atoms. The molecule has 0 spiro atoms. The van der Waals surface area contributed by atoms with Gasteiger partial charge in [0, 0.05) is 37.4 Å². The number of hydrogen-bond acceptors (Lipinski definition) is 2. The Kier molecular flexibility index (Phi) is 3.58. The summed E-state index contributed by atoms with van der Waals surface area (Å²) in [6.45, 7) is 0.779. The van der Waals surface area contributed by atoms with Crippen LogP contribution < -0.4 is 5.73 Å². The first-order valence-electron chi connectivity index (χ1n) is 6.76. The van der Waals surface area contributed by atoms with Crippen LogP contribution in [0.2, 0.25) is 5.02 Å². The third-order valence-electron chi connectivity index (χ3n) is 3.82. The molecule has 1 aliphatic carbocycles. The van der Waals surface area contributed by atoms with Crippen molar-refractivity contribution < 1.29 is 0 Å². The van der Waals surface area contributed by atoms with Crippen molar-refractivity contribution in [3.8, 4) is 0 Å². The molecule has 2 aromatic heterocycles. The zero-order chi connectivity index (χ0) is 13.2. The van der Waals surface area contributed by atoms with Crippen molar-refractivity contribution in [2.45, 2.75) is 38.3 Å². The van der Waals surface area contributed by atoms with E-state index in [1.807, 2.05) is 6.07 Å². The molecule has 1 atom stereocenters. The highest BCUT2D eigenvalue weighted by Gasteiger charge is 2.17. The largest absolute Gasteiger partial charge is 0.349 e. The molecule has 0 aliphatic heterocycles. The molecule has 0 radical (unpaired) electrons. The second-order valence-electron chi connectivity index (χ2n) is 5.23. The van der Waals surface area contributed by atoms with Crippen LogP contribution in [0.4, 0.5) is 0 Å². The number of hydrogen-bond donors (Lipinski definition) is 1. The van der Waals surface area contributed by atoms with Gasteiger partial charge in [0.2, 0.25) is 0 Å². The van der Waals surface area contributed by atoms with Gasteiger partial charge in [0.05, 0.1) is 5.02 Å². The molecule has 2 aromatic rings. The van der Waals surface area contributed by atoms with Crippen molar-refractivity contribution in [3.63, 3.8) is 0 Å². The van der Waals surface area contributed by atoms with Crippen LogP contribution in [0.25, 0.3) is 0 Å². The molecule has 4 heteroatoms. The van der Waals surface area contributed by atoms with Gasteiger partial charge in [-0.1, -0.05) is 18.0 Å². The van der Waals surface area contributed by atoms with E-state index in [-0.39, 0.29) is 6.04 Å². The van der Waals surface area contributed by atoms with E-state index in [4.69, 9.17) is 17.3 Å². The number of aryl methyl sites for hydroxylation is 1. The topological polar surface area (TPSA) is 43.8 Å². The molecule has 0 saturated heterocycles. The first kappa shape index (κ1) is 12.7. The lowest BCUT2D eigenvalue weighted by molar-refractivity contribution is 0.610. The molecule has 0 amide bonds. The normalized spacial score (nSPS) is 18.9. The molecule has 0 aromatic carbocycles. The second kappa shape index (κ2) is 5.35. The van der Waals surface area contributed by atoms with Crippen molar-refractivity contribution in [1.29, 1.82) is 0 Å². The minimum atomic E-state index is 0.187.